The first kappa shape index (κ1) is 13.9. The van der Waals surface area contributed by atoms with Gasteiger partial charge in [-0.25, -0.2) is 0 Å². The lowest BCUT2D eigenvalue weighted by Crippen LogP contribution is -2.40. The largest absolute Gasteiger partial charge is 0.373 e. The number of hydrogen-bond donors (Lipinski definition) is 1. The van der Waals surface area contributed by atoms with E-state index in [1.807, 2.05) is 13.8 Å². The fraction of sp³-hybridized carbons (Fsp3) is 0.846. The van der Waals surface area contributed by atoms with E-state index in [4.69, 9.17) is 9.73 Å². The summed E-state index contributed by atoms with van der Waals surface area (Å²) in [5, 5.41) is 5.38. The van der Waals surface area contributed by atoms with Crippen LogP contribution in [0.15, 0.2) is 10.1 Å². The lowest BCUT2D eigenvalue weighted by Gasteiger charge is -2.28. The molecule has 1 fully saturated rings. The molecule has 1 heterocycles. The summed E-state index contributed by atoms with van der Waals surface area (Å²) in [6.45, 7) is 4.08. The number of thioether (sulfide) groups is 1. The van der Waals surface area contributed by atoms with E-state index in [1.165, 1.54) is 32.1 Å². The zero-order valence-corrected chi connectivity index (χ0v) is 12.3. The van der Waals surface area contributed by atoms with Gasteiger partial charge in [0.25, 0.3) is 0 Å². The van der Waals surface area contributed by atoms with E-state index in [2.05, 4.69) is 10.5 Å². The Bertz CT molecular complexity index is 346. The van der Waals surface area contributed by atoms with Crippen molar-refractivity contribution in [2.24, 2.45) is 10.1 Å². The van der Waals surface area contributed by atoms with Crippen LogP contribution in [0.25, 0.3) is 0 Å². The Kier molecular flexibility index (Phi) is 4.67. The van der Waals surface area contributed by atoms with Crippen LogP contribution in [0.5, 0.6) is 0 Å². The Morgan fingerprint density at radius 2 is 2.06 bits per heavy atom. The second kappa shape index (κ2) is 6.06. The second-order valence-electron chi connectivity index (χ2n) is 5.40. The number of rotatable bonds is 3. The van der Waals surface area contributed by atoms with Crippen molar-refractivity contribution in [2.75, 3.05) is 12.9 Å². The third-order valence-electron chi connectivity index (χ3n) is 3.71. The van der Waals surface area contributed by atoms with Gasteiger partial charge in [-0.3, -0.25) is 10.4 Å². The Labute approximate surface area is 114 Å². The molecule has 2 rings (SSSR count). The molecule has 0 atom stereocenters. The molecule has 0 saturated heterocycles. The average molecular weight is 269 g/mol. The van der Waals surface area contributed by atoms with Gasteiger partial charge in [0.15, 0.2) is 5.17 Å². The normalized spacial score (nSPS) is 24.8. The van der Waals surface area contributed by atoms with Gasteiger partial charge in [-0.05, 0) is 26.7 Å². The molecule has 1 N–H and O–H groups in total. The Balaban J connectivity index is 1.94. The molecule has 1 aliphatic heterocycles. The summed E-state index contributed by atoms with van der Waals surface area (Å²) in [6.07, 6.45) is 6.46. The highest BCUT2D eigenvalue weighted by Gasteiger charge is 2.27. The van der Waals surface area contributed by atoms with Gasteiger partial charge < -0.3 is 4.74 Å². The van der Waals surface area contributed by atoms with Crippen LogP contribution in [0.3, 0.4) is 0 Å². The smallest absolute Gasteiger partial charge is 0.177 e. The molecule has 0 aromatic heterocycles. The van der Waals surface area contributed by atoms with Gasteiger partial charge in [-0.1, -0.05) is 31.0 Å². The van der Waals surface area contributed by atoms with Crippen molar-refractivity contribution in [3.8, 4) is 0 Å². The van der Waals surface area contributed by atoms with E-state index in [0.717, 1.165) is 16.6 Å². The zero-order chi connectivity index (χ0) is 13.0. The molecule has 5 heteroatoms. The van der Waals surface area contributed by atoms with E-state index in [0.29, 0.717) is 6.04 Å². The summed E-state index contributed by atoms with van der Waals surface area (Å²) in [5.74, 6) is 0.861. The summed E-state index contributed by atoms with van der Waals surface area (Å²) < 4.78 is 5.44. The highest BCUT2D eigenvalue weighted by atomic mass is 32.2. The Hall–Kier alpha value is -0.550. The summed E-state index contributed by atoms with van der Waals surface area (Å²) in [6, 6.07) is 0.501. The molecule has 0 aromatic rings. The molecule has 1 saturated carbocycles. The monoisotopic (exact) mass is 269 g/mol. The molecular formula is C13H23N3OS. The third kappa shape index (κ3) is 3.48. The Morgan fingerprint density at radius 1 is 1.33 bits per heavy atom. The maximum atomic E-state index is 5.44. The molecule has 0 radical (unpaired) electrons. The lowest BCUT2D eigenvalue weighted by molar-refractivity contribution is 0.0821. The van der Waals surface area contributed by atoms with Crippen molar-refractivity contribution in [1.29, 1.82) is 0 Å². The van der Waals surface area contributed by atoms with Gasteiger partial charge in [0.05, 0.1) is 11.8 Å². The van der Waals surface area contributed by atoms with Gasteiger partial charge in [-0.2, -0.15) is 5.10 Å². The average Bonchev–Trinajstić information content (AvgIpc) is 2.40. The van der Waals surface area contributed by atoms with Crippen LogP contribution in [-0.2, 0) is 4.74 Å². The van der Waals surface area contributed by atoms with Crippen molar-refractivity contribution < 1.29 is 4.74 Å². The predicted molar refractivity (Wildman–Crippen MR) is 78.4 cm³/mol. The second-order valence-corrected chi connectivity index (χ2v) is 6.36. The number of nitrogens with zero attached hydrogens (tertiary/aromatic N) is 2. The van der Waals surface area contributed by atoms with Gasteiger partial charge in [0.1, 0.15) is 5.60 Å². The van der Waals surface area contributed by atoms with Crippen molar-refractivity contribution in [1.82, 2.24) is 5.43 Å². The highest BCUT2D eigenvalue weighted by molar-refractivity contribution is 8.14. The third-order valence-corrected chi connectivity index (χ3v) is 4.60. The van der Waals surface area contributed by atoms with Crippen LogP contribution in [0.1, 0.15) is 46.0 Å². The molecule has 0 spiro atoms. The first-order valence-electron chi connectivity index (χ1n) is 6.70. The molecular weight excluding hydrogens is 246 g/mol. The molecule has 0 aromatic carbocycles. The molecule has 2 aliphatic rings. The minimum absolute atomic E-state index is 0.295. The van der Waals surface area contributed by atoms with Crippen molar-refractivity contribution in [3.63, 3.8) is 0 Å². The fourth-order valence-electron chi connectivity index (χ4n) is 2.18. The molecule has 18 heavy (non-hydrogen) atoms. The minimum atomic E-state index is -0.295. The van der Waals surface area contributed by atoms with Gasteiger partial charge >= 0.3 is 0 Å². The fourth-order valence-corrected chi connectivity index (χ4v) is 3.20. The Morgan fingerprint density at radius 3 is 2.61 bits per heavy atom. The molecule has 0 bridgehead atoms. The quantitative estimate of drug-likeness (QED) is 0.857. The summed E-state index contributed by atoms with van der Waals surface area (Å²) >= 11 is 1.74. The van der Waals surface area contributed by atoms with Crippen LogP contribution in [0.2, 0.25) is 0 Å². The van der Waals surface area contributed by atoms with E-state index < -0.39 is 0 Å². The van der Waals surface area contributed by atoms with Crippen molar-refractivity contribution in [2.45, 2.75) is 57.6 Å². The SMILES string of the molecule is COC(C)(C)C1=NNC(=NC2CCCCC2)SC1. The lowest BCUT2D eigenvalue weighted by atomic mass is 9.96. The van der Waals surface area contributed by atoms with Crippen LogP contribution in [0.4, 0.5) is 0 Å². The first-order valence-corrected chi connectivity index (χ1v) is 7.69. The first-order chi connectivity index (χ1) is 8.62. The molecule has 0 amide bonds. The summed E-state index contributed by atoms with van der Waals surface area (Å²) in [7, 11) is 1.72. The van der Waals surface area contributed by atoms with Gasteiger partial charge in [-0.15, -0.1) is 0 Å². The van der Waals surface area contributed by atoms with Crippen LogP contribution >= 0.6 is 11.8 Å². The number of hydrazone groups is 1. The van der Waals surface area contributed by atoms with Crippen LogP contribution in [0, 0.1) is 0 Å². The molecule has 102 valence electrons. The van der Waals surface area contributed by atoms with E-state index in [9.17, 15) is 0 Å². The number of hydrogen-bond acceptors (Lipinski definition) is 4. The maximum Gasteiger partial charge on any atom is 0.177 e. The standard InChI is InChI=1S/C13H23N3OS/c1-13(2,17-3)11-9-18-12(16-15-11)14-10-7-5-4-6-8-10/h10H,4-9H2,1-3H3,(H,14,16). The number of amidine groups is 1. The predicted octanol–water partition coefficient (Wildman–Crippen LogP) is 2.79. The molecule has 1 aliphatic carbocycles. The summed E-state index contributed by atoms with van der Waals surface area (Å²) in [5.41, 5.74) is 3.82. The number of ether oxygens (including phenoxy) is 1. The topological polar surface area (TPSA) is 46.0 Å². The van der Waals surface area contributed by atoms with E-state index in [-0.39, 0.29) is 5.60 Å². The van der Waals surface area contributed by atoms with Crippen LogP contribution in [-0.4, -0.2) is 35.4 Å². The number of methoxy groups -OCH3 is 1. The maximum absolute atomic E-state index is 5.44. The summed E-state index contributed by atoms with van der Waals surface area (Å²) in [4.78, 5) is 4.76. The van der Waals surface area contributed by atoms with Crippen molar-refractivity contribution in [3.05, 3.63) is 0 Å². The van der Waals surface area contributed by atoms with Gasteiger partial charge in [0.2, 0.25) is 0 Å². The van der Waals surface area contributed by atoms with Crippen LogP contribution < -0.4 is 5.43 Å². The van der Waals surface area contributed by atoms with Gasteiger partial charge in [0, 0.05) is 12.9 Å². The van der Waals surface area contributed by atoms with Crippen molar-refractivity contribution >= 4 is 22.6 Å². The van der Waals surface area contributed by atoms with E-state index in [1.54, 1.807) is 18.9 Å². The number of aliphatic imine (C=N–C) groups is 1. The highest BCUT2D eigenvalue weighted by Crippen LogP contribution is 2.23. The minimum Gasteiger partial charge on any atom is -0.373 e. The number of nitrogens with one attached hydrogen (secondary N) is 1. The van der Waals surface area contributed by atoms with E-state index >= 15 is 0 Å². The zero-order valence-electron chi connectivity index (χ0n) is 11.5. The molecule has 4 nitrogen and oxygen atoms in total. The molecule has 0 unspecified atom stereocenters.